The maximum absolute atomic E-state index is 13.2. The van der Waals surface area contributed by atoms with Crippen molar-refractivity contribution in [2.24, 2.45) is 5.92 Å². The largest absolute Gasteiger partial charge is 0.389 e. The van der Waals surface area contributed by atoms with Gasteiger partial charge in [0.25, 0.3) is 5.56 Å². The summed E-state index contributed by atoms with van der Waals surface area (Å²) in [6.07, 6.45) is 3.43. The van der Waals surface area contributed by atoms with Gasteiger partial charge in [0.15, 0.2) is 0 Å². The predicted octanol–water partition coefficient (Wildman–Crippen LogP) is 1.79. The van der Waals surface area contributed by atoms with Gasteiger partial charge in [0, 0.05) is 41.7 Å². The van der Waals surface area contributed by atoms with Crippen LogP contribution in [-0.2, 0) is 11.2 Å². The number of carbonyl (C=O) groups excluding carboxylic acids is 1. The Balaban J connectivity index is 1.82. The first-order chi connectivity index (χ1) is 13.0. The van der Waals surface area contributed by atoms with E-state index in [1.54, 1.807) is 37.5 Å². The first kappa shape index (κ1) is 17.2. The van der Waals surface area contributed by atoms with Gasteiger partial charge in [0.05, 0.1) is 11.5 Å². The lowest BCUT2D eigenvalue weighted by Gasteiger charge is -2.41. The summed E-state index contributed by atoms with van der Waals surface area (Å²) in [6.45, 7) is 1.62. The van der Waals surface area contributed by atoms with Crippen LogP contribution in [0.25, 0.3) is 0 Å². The third-order valence-corrected chi connectivity index (χ3v) is 5.11. The Morgan fingerprint density at radius 1 is 1.22 bits per heavy atom. The highest BCUT2D eigenvalue weighted by molar-refractivity contribution is 5.94. The number of nitrogens with one attached hydrogen (secondary N) is 3. The Bertz CT molecular complexity index is 1010. The molecule has 27 heavy (non-hydrogen) atoms. The number of hydrogen-bond acceptors (Lipinski definition) is 4. The van der Waals surface area contributed by atoms with Crippen molar-refractivity contribution < 1.29 is 9.90 Å². The van der Waals surface area contributed by atoms with E-state index < -0.39 is 17.4 Å². The summed E-state index contributed by atoms with van der Waals surface area (Å²) in [7, 11) is 0. The molecule has 1 aromatic carbocycles. The molecule has 4 rings (SSSR count). The molecule has 3 atom stereocenters. The summed E-state index contributed by atoms with van der Waals surface area (Å²) in [4.78, 5) is 29.8. The van der Waals surface area contributed by atoms with Gasteiger partial charge in [0.1, 0.15) is 0 Å². The molecule has 0 aliphatic heterocycles. The Kier molecular flexibility index (Phi) is 4.16. The van der Waals surface area contributed by atoms with Gasteiger partial charge in [0.2, 0.25) is 5.91 Å². The molecule has 1 aliphatic rings. The van der Waals surface area contributed by atoms with E-state index in [9.17, 15) is 14.7 Å². The van der Waals surface area contributed by atoms with Gasteiger partial charge in [-0.2, -0.15) is 0 Å². The van der Waals surface area contributed by atoms with Crippen LogP contribution < -0.4 is 10.9 Å². The number of fused-ring (bicyclic) bond motifs is 1. The number of carbonyl (C=O) groups is 1. The van der Waals surface area contributed by atoms with E-state index in [2.05, 4.69) is 20.5 Å². The van der Waals surface area contributed by atoms with Crippen molar-refractivity contribution in [3.63, 3.8) is 0 Å². The topological polar surface area (TPSA) is 111 Å². The Hall–Kier alpha value is -3.19. The minimum Gasteiger partial charge on any atom is -0.389 e. The molecule has 0 unspecified atom stereocenters. The van der Waals surface area contributed by atoms with Gasteiger partial charge in [-0.3, -0.25) is 19.7 Å². The molecular formula is C20H20N4O3. The van der Waals surface area contributed by atoms with Gasteiger partial charge in [-0.1, -0.05) is 24.3 Å². The van der Waals surface area contributed by atoms with Gasteiger partial charge in [-0.05, 0) is 30.7 Å². The minimum absolute atomic E-state index is 0.171. The van der Waals surface area contributed by atoms with Crippen LogP contribution in [0.3, 0.4) is 0 Å². The van der Waals surface area contributed by atoms with E-state index in [1.807, 2.05) is 24.3 Å². The Labute approximate surface area is 155 Å². The molecule has 2 heterocycles. The lowest BCUT2D eigenvalue weighted by atomic mass is 9.66. The number of pyridine rings is 1. The molecule has 7 heteroatoms. The second-order valence-electron chi connectivity index (χ2n) is 7.10. The van der Waals surface area contributed by atoms with Crippen LogP contribution in [0.15, 0.2) is 59.7 Å². The van der Waals surface area contributed by atoms with Gasteiger partial charge >= 0.3 is 0 Å². The molecule has 7 nitrogen and oxygen atoms in total. The third kappa shape index (κ3) is 3.06. The summed E-state index contributed by atoms with van der Waals surface area (Å²) in [5.41, 5.74) is 0.795. The maximum atomic E-state index is 13.2. The Morgan fingerprint density at radius 2 is 2.00 bits per heavy atom. The standard InChI is InChI=1S/C20H20N4O3/c1-20(27)10-14-16(18(25)24-23-14)15(12-6-5-9-21-11-12)17(20)19(26)22-13-7-3-2-4-8-13/h2-9,11,15,17,27H,10H2,1H3,(H,22,26)(H2,23,24,25)/t15-,17+,20+/m1/s1. The molecule has 0 radical (unpaired) electrons. The van der Waals surface area contributed by atoms with E-state index in [0.717, 1.165) is 0 Å². The second-order valence-corrected chi connectivity index (χ2v) is 7.10. The molecule has 0 saturated carbocycles. The van der Waals surface area contributed by atoms with Gasteiger partial charge < -0.3 is 15.5 Å². The number of anilines is 1. The fourth-order valence-corrected chi connectivity index (χ4v) is 3.96. The number of H-pyrrole nitrogens is 2. The smallest absolute Gasteiger partial charge is 0.267 e. The predicted molar refractivity (Wildman–Crippen MR) is 100 cm³/mol. The minimum atomic E-state index is -1.35. The molecule has 0 fully saturated rings. The molecule has 0 saturated heterocycles. The van der Waals surface area contributed by atoms with Crippen molar-refractivity contribution in [1.82, 2.24) is 15.2 Å². The van der Waals surface area contributed by atoms with Crippen molar-refractivity contribution in [2.45, 2.75) is 24.9 Å². The molecule has 3 aromatic rings. The quantitative estimate of drug-likeness (QED) is 0.568. The van der Waals surface area contributed by atoms with Crippen molar-refractivity contribution in [3.8, 4) is 0 Å². The molecule has 4 N–H and O–H groups in total. The molecule has 1 amide bonds. The summed E-state index contributed by atoms with van der Waals surface area (Å²) < 4.78 is 0. The molecular weight excluding hydrogens is 344 g/mol. The summed E-state index contributed by atoms with van der Waals surface area (Å²) in [5, 5.41) is 19.4. The fourth-order valence-electron chi connectivity index (χ4n) is 3.96. The molecule has 2 aromatic heterocycles. The van der Waals surface area contributed by atoms with Crippen LogP contribution in [0, 0.1) is 5.92 Å². The third-order valence-electron chi connectivity index (χ3n) is 5.11. The summed E-state index contributed by atoms with van der Waals surface area (Å²) in [6, 6.07) is 12.6. The number of para-hydroxylation sites is 1. The first-order valence-electron chi connectivity index (χ1n) is 8.75. The number of nitrogens with zero attached hydrogens (tertiary/aromatic N) is 1. The van der Waals surface area contributed by atoms with Crippen molar-refractivity contribution in [1.29, 1.82) is 0 Å². The highest BCUT2D eigenvalue weighted by atomic mass is 16.3. The van der Waals surface area contributed by atoms with E-state index in [-0.39, 0.29) is 17.9 Å². The summed E-state index contributed by atoms with van der Waals surface area (Å²) in [5.74, 6) is -1.81. The highest BCUT2D eigenvalue weighted by Crippen LogP contribution is 2.44. The number of hydrogen-bond donors (Lipinski definition) is 4. The number of aromatic nitrogens is 3. The van der Waals surface area contributed by atoms with E-state index >= 15 is 0 Å². The van der Waals surface area contributed by atoms with Crippen molar-refractivity contribution in [2.75, 3.05) is 5.32 Å². The van der Waals surface area contributed by atoms with Crippen LogP contribution in [0.2, 0.25) is 0 Å². The number of aromatic amines is 2. The van der Waals surface area contributed by atoms with Crippen LogP contribution in [0.4, 0.5) is 5.69 Å². The average Bonchev–Trinajstić information content (AvgIpc) is 3.01. The lowest BCUT2D eigenvalue weighted by Crippen LogP contribution is -2.51. The zero-order valence-corrected chi connectivity index (χ0v) is 14.8. The Morgan fingerprint density at radius 3 is 2.70 bits per heavy atom. The van der Waals surface area contributed by atoms with E-state index in [0.29, 0.717) is 22.5 Å². The van der Waals surface area contributed by atoms with Crippen LogP contribution in [-0.4, -0.2) is 31.8 Å². The van der Waals surface area contributed by atoms with Crippen LogP contribution >= 0.6 is 0 Å². The normalized spacial score (nSPS) is 24.2. The zero-order chi connectivity index (χ0) is 19.0. The number of amides is 1. The van der Waals surface area contributed by atoms with Gasteiger partial charge in [-0.25, -0.2) is 0 Å². The number of rotatable bonds is 3. The zero-order valence-electron chi connectivity index (χ0n) is 14.8. The van der Waals surface area contributed by atoms with E-state index in [4.69, 9.17) is 0 Å². The number of benzene rings is 1. The lowest BCUT2D eigenvalue weighted by molar-refractivity contribution is -0.130. The van der Waals surface area contributed by atoms with Crippen LogP contribution in [0.1, 0.15) is 29.7 Å². The average molecular weight is 364 g/mol. The molecule has 0 bridgehead atoms. The van der Waals surface area contributed by atoms with E-state index in [1.165, 1.54) is 0 Å². The monoisotopic (exact) mass is 364 g/mol. The summed E-state index contributed by atoms with van der Waals surface area (Å²) >= 11 is 0. The van der Waals surface area contributed by atoms with Gasteiger partial charge in [-0.15, -0.1) is 0 Å². The number of aliphatic hydroxyl groups is 1. The fraction of sp³-hybridized carbons (Fsp3) is 0.250. The SMILES string of the molecule is C[C@]1(O)Cc2[nH][nH]c(=O)c2[C@@H](c2cccnc2)[C@H]1C(=O)Nc1ccccc1. The maximum Gasteiger partial charge on any atom is 0.267 e. The molecule has 1 aliphatic carbocycles. The first-order valence-corrected chi connectivity index (χ1v) is 8.75. The van der Waals surface area contributed by atoms with Crippen molar-refractivity contribution in [3.05, 3.63) is 82.0 Å². The second kappa shape index (κ2) is 6.51. The highest BCUT2D eigenvalue weighted by Gasteiger charge is 2.50. The van der Waals surface area contributed by atoms with Crippen LogP contribution in [0.5, 0.6) is 0 Å². The molecule has 138 valence electrons. The molecule has 0 spiro atoms. The van der Waals surface area contributed by atoms with Crippen molar-refractivity contribution >= 4 is 11.6 Å².